The van der Waals surface area contributed by atoms with E-state index < -0.39 is 0 Å². The zero-order valence-electron chi connectivity index (χ0n) is 8.59. The number of allylic oxidation sites excluding steroid dienone is 1. The minimum atomic E-state index is 0.902. The van der Waals surface area contributed by atoms with E-state index in [0.29, 0.717) is 0 Å². The molecule has 0 saturated carbocycles. The van der Waals surface area contributed by atoms with Crippen molar-refractivity contribution in [3.05, 3.63) is 41.5 Å². The lowest BCUT2D eigenvalue weighted by Crippen LogP contribution is -1.98. The summed E-state index contributed by atoms with van der Waals surface area (Å²) in [6.45, 7) is 7.17. The monoisotopic (exact) mass is 175 g/mol. The molecule has 1 aromatic rings. The first kappa shape index (κ1) is 9.85. The molecule has 0 saturated heterocycles. The van der Waals surface area contributed by atoms with Gasteiger partial charge in [-0.25, -0.2) is 0 Å². The molecule has 1 nitrogen and oxygen atoms in total. The third-order valence-corrected chi connectivity index (χ3v) is 1.88. The molecule has 0 aliphatic rings. The number of nitrogens with one attached hydrogen (secondary N) is 1. The largest absolute Gasteiger partial charge is 0.382 e. The molecule has 0 amide bonds. The molecule has 0 heterocycles. The van der Waals surface area contributed by atoms with Gasteiger partial charge in [-0.2, -0.15) is 0 Å². The van der Waals surface area contributed by atoms with Gasteiger partial charge < -0.3 is 5.32 Å². The minimum absolute atomic E-state index is 0.902. The van der Waals surface area contributed by atoms with Crippen molar-refractivity contribution in [2.45, 2.75) is 20.8 Å². The Bertz CT molecular complexity index is 280. The molecule has 0 aromatic heterocycles. The lowest BCUT2D eigenvalue weighted by molar-refractivity contribution is 1.29. The highest BCUT2D eigenvalue weighted by Gasteiger charge is 1.92. The van der Waals surface area contributed by atoms with Crippen LogP contribution < -0.4 is 5.32 Å². The summed E-state index contributed by atoms with van der Waals surface area (Å²) in [5.74, 6) is 0. The highest BCUT2D eigenvalue weighted by molar-refractivity contribution is 5.48. The quantitative estimate of drug-likeness (QED) is 0.695. The predicted octanol–water partition coefficient (Wildman–Crippen LogP) is 3.29. The Morgan fingerprint density at radius 1 is 1.15 bits per heavy atom. The van der Waals surface area contributed by atoms with Crippen LogP contribution >= 0.6 is 0 Å². The summed E-state index contributed by atoms with van der Waals surface area (Å²) >= 11 is 0. The van der Waals surface area contributed by atoms with Crippen LogP contribution in [0.4, 0.5) is 5.69 Å². The lowest BCUT2D eigenvalue weighted by atomic mass is 10.1. The molecule has 0 atom stereocenters. The van der Waals surface area contributed by atoms with Crippen molar-refractivity contribution in [3.8, 4) is 0 Å². The highest BCUT2D eigenvalue weighted by atomic mass is 14.8. The maximum atomic E-state index is 3.34. The van der Waals surface area contributed by atoms with Crippen LogP contribution in [0.25, 0.3) is 0 Å². The summed E-state index contributed by atoms with van der Waals surface area (Å²) in [6.07, 6.45) is 4.16. The van der Waals surface area contributed by atoms with Gasteiger partial charge in [0.2, 0.25) is 0 Å². The van der Waals surface area contributed by atoms with E-state index in [1.165, 1.54) is 16.8 Å². The van der Waals surface area contributed by atoms with Crippen molar-refractivity contribution in [2.24, 2.45) is 0 Å². The number of hydrogen-bond acceptors (Lipinski definition) is 1. The zero-order chi connectivity index (χ0) is 9.68. The van der Waals surface area contributed by atoms with Gasteiger partial charge in [-0.05, 0) is 44.0 Å². The van der Waals surface area contributed by atoms with Gasteiger partial charge in [0.1, 0.15) is 0 Å². The molecular formula is C12H17N. The predicted molar refractivity (Wildman–Crippen MR) is 59.2 cm³/mol. The lowest BCUT2D eigenvalue weighted by Gasteiger charge is -2.05. The Balaban J connectivity index is 2.66. The van der Waals surface area contributed by atoms with Crippen molar-refractivity contribution < 1.29 is 0 Å². The molecule has 0 radical (unpaired) electrons. The van der Waals surface area contributed by atoms with E-state index in [9.17, 15) is 0 Å². The molecule has 13 heavy (non-hydrogen) atoms. The smallest absolute Gasteiger partial charge is 0.0347 e. The molecule has 1 rings (SSSR count). The second kappa shape index (κ2) is 4.70. The molecule has 0 spiro atoms. The average Bonchev–Trinajstić information content (AvgIpc) is 2.03. The third kappa shape index (κ3) is 3.32. The van der Waals surface area contributed by atoms with Crippen LogP contribution in [0, 0.1) is 13.8 Å². The Labute approximate surface area is 80.5 Å². The van der Waals surface area contributed by atoms with Crippen molar-refractivity contribution >= 4 is 5.69 Å². The summed E-state index contributed by atoms with van der Waals surface area (Å²) in [6, 6.07) is 6.51. The highest BCUT2D eigenvalue weighted by Crippen LogP contribution is 2.13. The molecule has 1 N–H and O–H groups in total. The fraction of sp³-hybridized carbons (Fsp3) is 0.333. The molecular weight excluding hydrogens is 158 g/mol. The normalized spacial score (nSPS) is 10.7. The van der Waals surface area contributed by atoms with E-state index in [0.717, 1.165) is 6.54 Å². The van der Waals surface area contributed by atoms with Crippen molar-refractivity contribution in [3.63, 3.8) is 0 Å². The van der Waals surface area contributed by atoms with E-state index in [4.69, 9.17) is 0 Å². The molecule has 0 bridgehead atoms. The van der Waals surface area contributed by atoms with Gasteiger partial charge in [-0.1, -0.05) is 18.2 Å². The van der Waals surface area contributed by atoms with Gasteiger partial charge in [0.05, 0.1) is 0 Å². The van der Waals surface area contributed by atoms with Crippen LogP contribution in [0.1, 0.15) is 18.1 Å². The first-order valence-electron chi connectivity index (χ1n) is 4.65. The first-order chi connectivity index (χ1) is 6.22. The zero-order valence-corrected chi connectivity index (χ0v) is 8.59. The maximum absolute atomic E-state index is 3.34. The van der Waals surface area contributed by atoms with Gasteiger partial charge in [0.15, 0.2) is 0 Å². The number of anilines is 1. The fourth-order valence-electron chi connectivity index (χ4n) is 1.37. The SMILES string of the molecule is C/C=C/CNc1cc(C)cc(C)c1. The summed E-state index contributed by atoms with van der Waals surface area (Å²) in [4.78, 5) is 0. The summed E-state index contributed by atoms with van der Waals surface area (Å²) in [7, 11) is 0. The van der Waals surface area contributed by atoms with Gasteiger partial charge in [0.25, 0.3) is 0 Å². The van der Waals surface area contributed by atoms with Crippen molar-refractivity contribution in [2.75, 3.05) is 11.9 Å². The molecule has 0 unspecified atom stereocenters. The van der Waals surface area contributed by atoms with E-state index in [2.05, 4.69) is 49.5 Å². The Morgan fingerprint density at radius 2 is 1.77 bits per heavy atom. The number of hydrogen-bond donors (Lipinski definition) is 1. The molecule has 0 aliphatic carbocycles. The van der Waals surface area contributed by atoms with Crippen LogP contribution in [-0.4, -0.2) is 6.54 Å². The van der Waals surface area contributed by atoms with E-state index in [1.807, 2.05) is 6.92 Å². The summed E-state index contributed by atoms with van der Waals surface area (Å²) in [5, 5.41) is 3.34. The second-order valence-corrected chi connectivity index (χ2v) is 3.33. The molecule has 1 heteroatoms. The average molecular weight is 175 g/mol. The number of rotatable bonds is 3. The molecule has 70 valence electrons. The Morgan fingerprint density at radius 3 is 2.31 bits per heavy atom. The minimum Gasteiger partial charge on any atom is -0.382 e. The van der Waals surface area contributed by atoms with Gasteiger partial charge in [0, 0.05) is 12.2 Å². The topological polar surface area (TPSA) is 12.0 Å². The van der Waals surface area contributed by atoms with Gasteiger partial charge >= 0.3 is 0 Å². The number of benzene rings is 1. The standard InChI is InChI=1S/C12H17N/c1-4-5-6-13-12-8-10(2)7-11(3)9-12/h4-5,7-9,13H,6H2,1-3H3/b5-4+. The van der Waals surface area contributed by atoms with Crippen molar-refractivity contribution in [1.82, 2.24) is 0 Å². The van der Waals surface area contributed by atoms with Crippen LogP contribution in [0.15, 0.2) is 30.4 Å². The molecule has 0 aliphatic heterocycles. The fourth-order valence-corrected chi connectivity index (χ4v) is 1.37. The third-order valence-electron chi connectivity index (χ3n) is 1.88. The Kier molecular flexibility index (Phi) is 3.56. The van der Waals surface area contributed by atoms with Crippen molar-refractivity contribution in [1.29, 1.82) is 0 Å². The summed E-state index contributed by atoms with van der Waals surface area (Å²) in [5.41, 5.74) is 3.82. The van der Waals surface area contributed by atoms with Gasteiger partial charge in [-0.15, -0.1) is 0 Å². The second-order valence-electron chi connectivity index (χ2n) is 3.33. The summed E-state index contributed by atoms with van der Waals surface area (Å²) < 4.78 is 0. The van der Waals surface area contributed by atoms with Crippen LogP contribution in [0.3, 0.4) is 0 Å². The van der Waals surface area contributed by atoms with Crippen LogP contribution in [0.5, 0.6) is 0 Å². The van der Waals surface area contributed by atoms with Crippen LogP contribution in [0.2, 0.25) is 0 Å². The number of aryl methyl sites for hydroxylation is 2. The van der Waals surface area contributed by atoms with E-state index in [-0.39, 0.29) is 0 Å². The molecule has 1 aromatic carbocycles. The van der Waals surface area contributed by atoms with E-state index >= 15 is 0 Å². The Hall–Kier alpha value is -1.24. The van der Waals surface area contributed by atoms with Gasteiger partial charge in [-0.3, -0.25) is 0 Å². The van der Waals surface area contributed by atoms with Crippen LogP contribution in [-0.2, 0) is 0 Å². The maximum Gasteiger partial charge on any atom is 0.0347 e. The van der Waals surface area contributed by atoms with E-state index in [1.54, 1.807) is 0 Å². The molecule has 0 fully saturated rings. The first-order valence-corrected chi connectivity index (χ1v) is 4.65.